The Hall–Kier alpha value is -3.32. The Kier molecular flexibility index (Phi) is 4.92. The van der Waals surface area contributed by atoms with Gasteiger partial charge in [-0.05, 0) is 31.4 Å². The molecule has 4 heterocycles. The molecule has 1 aromatic carbocycles. The number of carbonyl (C=O) groups excluding carboxylic acids is 1. The van der Waals surface area contributed by atoms with Gasteiger partial charge >= 0.3 is 5.97 Å². The van der Waals surface area contributed by atoms with Crippen LogP contribution in [0.2, 0.25) is 0 Å². The Morgan fingerprint density at radius 1 is 1.21 bits per heavy atom. The smallest absolute Gasteiger partial charge is 0.343 e. The second-order valence-electron chi connectivity index (χ2n) is 9.54. The molecule has 34 heavy (non-hydrogen) atoms. The molecule has 1 atom stereocenters. The molecule has 1 saturated carbocycles. The van der Waals surface area contributed by atoms with Crippen molar-refractivity contribution in [2.75, 3.05) is 0 Å². The topological polar surface area (TPSA) is 93.8 Å². The van der Waals surface area contributed by atoms with Crippen LogP contribution in [0.1, 0.15) is 67.7 Å². The Bertz CT molecular complexity index is 1420. The maximum absolute atomic E-state index is 13.5. The standard InChI is InChI=1S/C27H27N3O4/c1-2-27(33)21-12-23-24-19(14-30(23)25(31)20(21)15-34-26(27)32)18(13-28-16-8-4-3-5-9-16)17-10-6-7-11-22(17)29-24/h6-7,10-13,16,33H,2-5,8-9,14-15H2,1H3/t27-/m0/s1. The molecule has 0 radical (unpaired) electrons. The second kappa shape index (κ2) is 7.87. The van der Waals surface area contributed by atoms with Gasteiger partial charge in [0.25, 0.3) is 5.56 Å². The number of esters is 1. The number of fused-ring (bicyclic) bond motifs is 5. The quantitative estimate of drug-likeness (QED) is 0.373. The van der Waals surface area contributed by atoms with Crippen molar-refractivity contribution >= 4 is 23.1 Å². The van der Waals surface area contributed by atoms with Gasteiger partial charge in [0, 0.05) is 34.3 Å². The van der Waals surface area contributed by atoms with Crippen LogP contribution in [0.3, 0.4) is 0 Å². The number of hydrogen-bond donors (Lipinski definition) is 1. The third-order valence-corrected chi connectivity index (χ3v) is 7.63. The summed E-state index contributed by atoms with van der Waals surface area (Å²) in [5, 5.41) is 12.1. The predicted octanol–water partition coefficient (Wildman–Crippen LogP) is 3.83. The van der Waals surface area contributed by atoms with Gasteiger partial charge in [-0.1, -0.05) is 44.4 Å². The van der Waals surface area contributed by atoms with Crippen molar-refractivity contribution in [1.29, 1.82) is 0 Å². The molecule has 1 aliphatic carbocycles. The summed E-state index contributed by atoms with van der Waals surface area (Å²) in [6.45, 7) is 1.96. The lowest BCUT2D eigenvalue weighted by atomic mass is 9.86. The second-order valence-corrected chi connectivity index (χ2v) is 9.54. The summed E-state index contributed by atoms with van der Waals surface area (Å²) in [7, 11) is 0. The first kappa shape index (κ1) is 21.2. The van der Waals surface area contributed by atoms with E-state index in [-0.39, 0.29) is 18.6 Å². The number of ether oxygens (including phenoxy) is 1. The molecule has 3 aromatic rings. The summed E-state index contributed by atoms with van der Waals surface area (Å²) in [4.78, 5) is 35.8. The Morgan fingerprint density at radius 3 is 2.79 bits per heavy atom. The molecule has 1 fully saturated rings. The molecule has 1 N–H and O–H groups in total. The number of aliphatic hydroxyl groups is 1. The van der Waals surface area contributed by atoms with Crippen molar-refractivity contribution in [2.45, 2.75) is 70.2 Å². The molecule has 0 bridgehead atoms. The van der Waals surface area contributed by atoms with Crippen LogP contribution < -0.4 is 5.56 Å². The zero-order valence-corrected chi connectivity index (χ0v) is 19.2. The number of rotatable bonds is 3. The van der Waals surface area contributed by atoms with Crippen molar-refractivity contribution in [3.8, 4) is 11.4 Å². The van der Waals surface area contributed by atoms with E-state index in [9.17, 15) is 14.7 Å². The Morgan fingerprint density at radius 2 is 2.00 bits per heavy atom. The van der Waals surface area contributed by atoms with E-state index in [4.69, 9.17) is 14.7 Å². The highest BCUT2D eigenvalue weighted by atomic mass is 16.6. The number of aliphatic imine (C=N–C) groups is 1. The predicted molar refractivity (Wildman–Crippen MR) is 129 cm³/mol. The molecular weight excluding hydrogens is 430 g/mol. The SMILES string of the molecule is CC[C@@]1(O)C(=O)OCc2c1cc1n(c2=O)Cc2c-1nc1ccccc1c2C=NC1CCCCC1. The first-order chi connectivity index (χ1) is 16.5. The van der Waals surface area contributed by atoms with Gasteiger partial charge in [0.2, 0.25) is 0 Å². The third-order valence-electron chi connectivity index (χ3n) is 7.63. The highest BCUT2D eigenvalue weighted by Gasteiger charge is 2.45. The van der Waals surface area contributed by atoms with E-state index in [0.717, 1.165) is 34.9 Å². The minimum absolute atomic E-state index is 0.124. The van der Waals surface area contributed by atoms with Crippen LogP contribution in [-0.4, -0.2) is 32.9 Å². The van der Waals surface area contributed by atoms with Crippen molar-refractivity contribution < 1.29 is 14.6 Å². The molecule has 7 nitrogen and oxygen atoms in total. The minimum atomic E-state index is -1.83. The summed E-state index contributed by atoms with van der Waals surface area (Å²) in [5.74, 6) is -0.711. The van der Waals surface area contributed by atoms with Gasteiger partial charge in [-0.15, -0.1) is 0 Å². The molecule has 0 spiro atoms. The van der Waals surface area contributed by atoms with Gasteiger partial charge in [-0.25, -0.2) is 9.78 Å². The van der Waals surface area contributed by atoms with Crippen LogP contribution in [0, 0.1) is 0 Å². The summed E-state index contributed by atoms with van der Waals surface area (Å²) in [6, 6.07) is 10.0. The van der Waals surface area contributed by atoms with E-state index < -0.39 is 11.6 Å². The van der Waals surface area contributed by atoms with E-state index in [1.54, 1.807) is 17.6 Å². The fraction of sp³-hybridized carbons (Fsp3) is 0.407. The van der Waals surface area contributed by atoms with Gasteiger partial charge in [0.05, 0.1) is 29.0 Å². The van der Waals surface area contributed by atoms with Crippen LogP contribution in [-0.2, 0) is 28.3 Å². The maximum Gasteiger partial charge on any atom is 0.343 e. The van der Waals surface area contributed by atoms with Crippen LogP contribution >= 0.6 is 0 Å². The van der Waals surface area contributed by atoms with Crippen LogP contribution in [0.4, 0.5) is 0 Å². The van der Waals surface area contributed by atoms with Crippen LogP contribution in [0.5, 0.6) is 0 Å². The molecular formula is C27H27N3O4. The summed E-state index contributed by atoms with van der Waals surface area (Å²) in [5.41, 5.74) is 2.70. The molecule has 6 rings (SSSR count). The van der Waals surface area contributed by atoms with Crippen LogP contribution in [0.15, 0.2) is 40.1 Å². The van der Waals surface area contributed by atoms with E-state index in [1.807, 2.05) is 30.5 Å². The lowest BCUT2D eigenvalue weighted by molar-refractivity contribution is -0.172. The highest BCUT2D eigenvalue weighted by molar-refractivity contribution is 6.02. The fourth-order valence-corrected chi connectivity index (χ4v) is 5.62. The number of benzene rings is 1. The van der Waals surface area contributed by atoms with Gasteiger partial charge in [-0.3, -0.25) is 9.79 Å². The van der Waals surface area contributed by atoms with E-state index in [2.05, 4.69) is 0 Å². The van der Waals surface area contributed by atoms with Crippen molar-refractivity contribution in [3.63, 3.8) is 0 Å². The molecule has 0 unspecified atom stereocenters. The largest absolute Gasteiger partial charge is 0.458 e. The fourth-order valence-electron chi connectivity index (χ4n) is 5.62. The number of cyclic esters (lactones) is 1. The molecule has 7 heteroatoms. The first-order valence-corrected chi connectivity index (χ1v) is 12.1. The molecule has 0 saturated heterocycles. The number of pyridine rings is 2. The Labute approximate surface area is 197 Å². The lowest BCUT2D eigenvalue weighted by Gasteiger charge is -2.31. The van der Waals surface area contributed by atoms with E-state index >= 15 is 0 Å². The average Bonchev–Trinajstić information content (AvgIpc) is 3.24. The normalized spacial score (nSPS) is 22.0. The number of hydrogen-bond acceptors (Lipinski definition) is 6. The van der Waals surface area contributed by atoms with Gasteiger partial charge < -0.3 is 14.4 Å². The maximum atomic E-state index is 13.5. The zero-order chi connectivity index (χ0) is 23.4. The zero-order valence-electron chi connectivity index (χ0n) is 19.2. The monoisotopic (exact) mass is 457 g/mol. The number of carbonyl (C=O) groups is 1. The highest BCUT2D eigenvalue weighted by Crippen LogP contribution is 2.39. The number of aromatic nitrogens is 2. The first-order valence-electron chi connectivity index (χ1n) is 12.1. The lowest BCUT2D eigenvalue weighted by Crippen LogP contribution is -2.44. The average molecular weight is 458 g/mol. The van der Waals surface area contributed by atoms with E-state index in [0.29, 0.717) is 35.1 Å². The summed E-state index contributed by atoms with van der Waals surface area (Å²) >= 11 is 0. The van der Waals surface area contributed by atoms with Crippen molar-refractivity contribution in [2.24, 2.45) is 4.99 Å². The summed E-state index contributed by atoms with van der Waals surface area (Å²) < 4.78 is 6.87. The van der Waals surface area contributed by atoms with Gasteiger partial charge in [0.1, 0.15) is 6.61 Å². The molecule has 2 aliphatic heterocycles. The minimum Gasteiger partial charge on any atom is -0.458 e. The van der Waals surface area contributed by atoms with E-state index in [1.165, 1.54) is 19.3 Å². The Balaban J connectivity index is 1.56. The van der Waals surface area contributed by atoms with Crippen molar-refractivity contribution in [1.82, 2.24) is 9.55 Å². The molecule has 2 aromatic heterocycles. The molecule has 174 valence electrons. The van der Waals surface area contributed by atoms with Crippen molar-refractivity contribution in [3.05, 3.63) is 62.9 Å². The number of para-hydroxylation sites is 1. The van der Waals surface area contributed by atoms with Gasteiger partial charge in [-0.2, -0.15) is 0 Å². The van der Waals surface area contributed by atoms with Crippen LogP contribution in [0.25, 0.3) is 22.3 Å². The van der Waals surface area contributed by atoms with Gasteiger partial charge in [0.15, 0.2) is 5.60 Å². The third kappa shape index (κ3) is 3.06. The number of nitrogens with zero attached hydrogens (tertiary/aromatic N) is 3. The molecule has 0 amide bonds. The summed E-state index contributed by atoms with van der Waals surface area (Å²) in [6.07, 6.45) is 8.02. The molecule has 3 aliphatic rings.